The molecule has 244 valence electrons. The molecular weight excluding hydrogens is 694 g/mol. The monoisotopic (exact) mass is 717 g/mol. The molecule has 46 heavy (non-hydrogen) atoms. The summed E-state index contributed by atoms with van der Waals surface area (Å²) in [7, 11) is -3.69. The number of hydrogen-bond donors (Lipinski definition) is 6. The number of aromatic nitrogens is 2. The Balaban J connectivity index is 0.000000617. The normalized spacial score (nSPS) is 12.5. The average molecular weight is 719 g/mol. The predicted octanol–water partition coefficient (Wildman–Crippen LogP) is 6.16. The summed E-state index contributed by atoms with van der Waals surface area (Å²) in [5.74, 6) is -1.90. The van der Waals surface area contributed by atoms with Crippen LogP contribution in [0.2, 0.25) is 9.36 Å². The summed E-state index contributed by atoms with van der Waals surface area (Å²) < 4.78 is 59.3. The Bertz CT molecular complexity index is 1840. The molecule has 6 bridgehead atoms. The lowest BCUT2D eigenvalue weighted by Gasteiger charge is -2.15. The molecular formula is C27H24Cl2F3N7O5S2. The first kappa shape index (κ1) is 34.7. The van der Waals surface area contributed by atoms with Crippen LogP contribution in [0.15, 0.2) is 65.0 Å². The molecule has 0 unspecified atom stereocenters. The number of benzene rings is 2. The molecule has 3 heterocycles. The van der Waals surface area contributed by atoms with Crippen LogP contribution in [0.3, 0.4) is 0 Å². The van der Waals surface area contributed by atoms with Crippen molar-refractivity contribution in [1.82, 2.24) is 20.0 Å². The van der Waals surface area contributed by atoms with Crippen molar-refractivity contribution in [3.05, 3.63) is 81.3 Å². The number of aliphatic carboxylic acids is 1. The maximum atomic E-state index is 12.6. The zero-order valence-electron chi connectivity index (χ0n) is 23.3. The highest BCUT2D eigenvalue weighted by molar-refractivity contribution is 7.91. The van der Waals surface area contributed by atoms with Gasteiger partial charge < -0.3 is 26.4 Å². The number of urea groups is 1. The van der Waals surface area contributed by atoms with E-state index in [4.69, 9.17) is 33.1 Å². The molecule has 6 N–H and O–H groups in total. The van der Waals surface area contributed by atoms with E-state index in [1.54, 1.807) is 6.07 Å². The minimum atomic E-state index is -5.08. The third-order valence-corrected chi connectivity index (χ3v) is 9.45. The molecule has 2 aromatic carbocycles. The molecule has 4 aromatic rings. The number of carboxylic acid groups (broad SMARTS) is 1. The number of aryl methyl sites for hydroxylation is 2. The summed E-state index contributed by atoms with van der Waals surface area (Å²) in [6.45, 7) is 0.112. The first-order chi connectivity index (χ1) is 21.7. The maximum absolute atomic E-state index is 12.6. The quantitative estimate of drug-likeness (QED) is 0.128. The fraction of sp³-hybridized carbons (Fsp3) is 0.185. The third kappa shape index (κ3) is 9.92. The Hall–Kier alpha value is -4.16. The number of rotatable bonds is 6. The van der Waals surface area contributed by atoms with E-state index in [1.807, 2.05) is 36.4 Å². The average Bonchev–Trinajstić information content (AvgIpc) is 3.44. The zero-order chi connectivity index (χ0) is 33.5. The highest BCUT2D eigenvalue weighted by atomic mass is 35.5. The standard InChI is InChI=1S/C25H23Cl2N7O3S2.C2HF3O2/c26-19-14-29-24-32-17-3-1-2-15(12-17)4-5-16-13-18(31-23(19)34-24)6-7-20(16)33-25(35)28-10-11-30-39(36,37)22-9-8-21(27)38-22;3-2(4,5)1(6)7/h1-3,6-9,12-14,30H,4-5,10-11H2,(H2,28,33,35)(H2,29,31,32,34);(H,6,7). The number of amides is 2. The van der Waals surface area contributed by atoms with Crippen molar-refractivity contribution in [2.75, 3.05) is 29.0 Å². The Morgan fingerprint density at radius 1 is 1.00 bits per heavy atom. The van der Waals surface area contributed by atoms with Gasteiger partial charge >= 0.3 is 18.2 Å². The lowest BCUT2D eigenvalue weighted by molar-refractivity contribution is -0.192. The summed E-state index contributed by atoms with van der Waals surface area (Å²) in [5.41, 5.74) is 4.22. The van der Waals surface area contributed by atoms with Gasteiger partial charge in [-0.05, 0) is 66.4 Å². The Labute approximate surface area is 274 Å². The van der Waals surface area contributed by atoms with Crippen LogP contribution in [0.5, 0.6) is 0 Å². The predicted molar refractivity (Wildman–Crippen MR) is 169 cm³/mol. The lowest BCUT2D eigenvalue weighted by atomic mass is 10.0. The molecule has 0 saturated carbocycles. The van der Waals surface area contributed by atoms with E-state index in [2.05, 4.69) is 36.0 Å². The van der Waals surface area contributed by atoms with Crippen LogP contribution >= 0.6 is 34.5 Å². The van der Waals surface area contributed by atoms with Gasteiger partial charge in [-0.2, -0.15) is 18.2 Å². The molecule has 0 fully saturated rings. The van der Waals surface area contributed by atoms with Crippen LogP contribution in [0.1, 0.15) is 11.1 Å². The van der Waals surface area contributed by atoms with Gasteiger partial charge in [-0.3, -0.25) is 0 Å². The Kier molecular flexibility index (Phi) is 11.3. The van der Waals surface area contributed by atoms with Crippen molar-refractivity contribution >= 4 is 85.4 Å². The second-order valence-electron chi connectivity index (χ2n) is 9.35. The second-order valence-corrected chi connectivity index (χ2v) is 13.5. The van der Waals surface area contributed by atoms with Crippen molar-refractivity contribution < 1.29 is 36.3 Å². The fourth-order valence-electron chi connectivity index (χ4n) is 3.91. The fourth-order valence-corrected chi connectivity index (χ4v) is 6.60. The summed E-state index contributed by atoms with van der Waals surface area (Å²) in [6, 6.07) is 16.0. The number of carbonyl (C=O) groups excluding carboxylic acids is 1. The van der Waals surface area contributed by atoms with Crippen molar-refractivity contribution in [2.45, 2.75) is 23.2 Å². The molecule has 0 saturated heterocycles. The Morgan fingerprint density at radius 2 is 1.74 bits per heavy atom. The van der Waals surface area contributed by atoms with Crippen LogP contribution in [0.4, 0.5) is 46.8 Å². The molecule has 1 aliphatic rings. The van der Waals surface area contributed by atoms with Gasteiger partial charge in [-0.25, -0.2) is 27.7 Å². The van der Waals surface area contributed by atoms with Crippen LogP contribution in [-0.2, 0) is 27.7 Å². The van der Waals surface area contributed by atoms with Crippen LogP contribution in [0.25, 0.3) is 0 Å². The number of nitrogens with one attached hydrogen (secondary N) is 5. The molecule has 0 spiro atoms. The number of thiophene rings is 1. The molecule has 19 heteroatoms. The van der Waals surface area contributed by atoms with Gasteiger partial charge in [-0.15, -0.1) is 11.3 Å². The van der Waals surface area contributed by atoms with Gasteiger partial charge in [0.25, 0.3) is 0 Å². The minimum Gasteiger partial charge on any atom is -0.475 e. The van der Waals surface area contributed by atoms with E-state index in [9.17, 15) is 26.4 Å². The number of hydrogen-bond acceptors (Lipinski definition) is 9. The van der Waals surface area contributed by atoms with E-state index in [0.717, 1.165) is 40.3 Å². The number of sulfonamides is 1. The number of fused-ring (bicyclic) bond motifs is 6. The maximum Gasteiger partial charge on any atom is 0.490 e. The van der Waals surface area contributed by atoms with Crippen molar-refractivity contribution in [2.24, 2.45) is 0 Å². The summed E-state index contributed by atoms with van der Waals surface area (Å²) in [4.78, 5) is 30.3. The third-order valence-electron chi connectivity index (χ3n) is 5.98. The number of carboxylic acids is 1. The molecule has 1 aliphatic heterocycles. The number of halogens is 5. The molecule has 5 rings (SSSR count). The summed E-state index contributed by atoms with van der Waals surface area (Å²) in [6.07, 6.45) is -2.18. The molecule has 2 aromatic heterocycles. The van der Waals surface area contributed by atoms with E-state index in [0.29, 0.717) is 33.2 Å². The highest BCUT2D eigenvalue weighted by Gasteiger charge is 2.38. The lowest BCUT2D eigenvalue weighted by Crippen LogP contribution is -2.36. The first-order valence-corrected chi connectivity index (χ1v) is 16.1. The van der Waals surface area contributed by atoms with Crippen molar-refractivity contribution in [3.8, 4) is 0 Å². The van der Waals surface area contributed by atoms with Crippen molar-refractivity contribution in [3.63, 3.8) is 0 Å². The Morgan fingerprint density at radius 3 is 2.43 bits per heavy atom. The van der Waals surface area contributed by atoms with Gasteiger partial charge in [0, 0.05) is 30.2 Å². The molecule has 0 aliphatic carbocycles. The molecule has 0 radical (unpaired) electrons. The first-order valence-electron chi connectivity index (χ1n) is 13.1. The van der Waals surface area contributed by atoms with Gasteiger partial charge in [0.2, 0.25) is 16.0 Å². The van der Waals surface area contributed by atoms with Crippen LogP contribution in [0, 0.1) is 0 Å². The van der Waals surface area contributed by atoms with E-state index >= 15 is 0 Å². The van der Waals surface area contributed by atoms with Crippen LogP contribution < -0.4 is 26.0 Å². The summed E-state index contributed by atoms with van der Waals surface area (Å²) >= 11 is 13.1. The van der Waals surface area contributed by atoms with Crippen LogP contribution in [-0.4, -0.2) is 54.8 Å². The topological polar surface area (TPSA) is 174 Å². The van der Waals surface area contributed by atoms with E-state index < -0.39 is 28.2 Å². The van der Waals surface area contributed by atoms with E-state index in [-0.39, 0.29) is 17.3 Å². The second kappa shape index (κ2) is 15.0. The zero-order valence-corrected chi connectivity index (χ0v) is 26.4. The van der Waals surface area contributed by atoms with E-state index in [1.165, 1.54) is 18.3 Å². The van der Waals surface area contributed by atoms with Gasteiger partial charge in [0.1, 0.15) is 9.23 Å². The largest absolute Gasteiger partial charge is 0.490 e. The molecule has 2 amide bonds. The van der Waals surface area contributed by atoms with Crippen molar-refractivity contribution in [1.29, 1.82) is 0 Å². The number of alkyl halides is 3. The number of anilines is 5. The smallest absolute Gasteiger partial charge is 0.475 e. The highest BCUT2D eigenvalue weighted by Crippen LogP contribution is 2.29. The SMILES string of the molecule is O=C(NCCNS(=O)(=O)c1ccc(Cl)s1)Nc1ccc2cc1CCc1cccc(c1)Nc1ncc(Cl)c(n1)N2.O=C(O)C(F)(F)F. The van der Waals surface area contributed by atoms with Gasteiger partial charge in [-0.1, -0.05) is 35.3 Å². The number of carbonyl (C=O) groups is 2. The number of nitrogens with zero attached hydrogens (tertiary/aromatic N) is 2. The molecule has 12 nitrogen and oxygen atoms in total. The molecule has 0 atom stereocenters. The minimum absolute atomic E-state index is 0.0209. The van der Waals surface area contributed by atoms with Gasteiger partial charge in [0.05, 0.1) is 10.5 Å². The summed E-state index contributed by atoms with van der Waals surface area (Å²) in [5, 5.41) is 19.5. The van der Waals surface area contributed by atoms with Gasteiger partial charge in [0.15, 0.2) is 5.82 Å².